The lowest BCUT2D eigenvalue weighted by Crippen LogP contribution is -2.44. The monoisotopic (exact) mass is 400 g/mol. The largest absolute Gasteiger partial charge is 0.372 e. The molecule has 2 N–H and O–H groups in total. The number of carbonyl (C=O) groups excluding carboxylic acids is 2. The number of aliphatic hydroxyl groups is 1. The first-order valence-corrected chi connectivity index (χ1v) is 9.89. The van der Waals surface area contributed by atoms with Crippen LogP contribution in [0.5, 0.6) is 0 Å². The highest BCUT2D eigenvalue weighted by atomic mass is 16.3. The molecular formula is C25H24N2O3. The van der Waals surface area contributed by atoms with E-state index in [0.717, 1.165) is 22.4 Å². The highest BCUT2D eigenvalue weighted by Crippen LogP contribution is 2.44. The second kappa shape index (κ2) is 7.43. The Labute approximate surface area is 176 Å². The number of amides is 2. The van der Waals surface area contributed by atoms with Crippen LogP contribution in [0.1, 0.15) is 27.8 Å². The van der Waals surface area contributed by atoms with E-state index in [4.69, 9.17) is 0 Å². The van der Waals surface area contributed by atoms with Crippen LogP contribution >= 0.6 is 0 Å². The van der Waals surface area contributed by atoms with Crippen molar-refractivity contribution in [2.45, 2.75) is 26.4 Å². The van der Waals surface area contributed by atoms with Gasteiger partial charge in [0.15, 0.2) is 5.60 Å². The van der Waals surface area contributed by atoms with Crippen molar-refractivity contribution in [3.05, 3.63) is 94.5 Å². The Hall–Kier alpha value is -3.44. The molecule has 1 heterocycles. The molecule has 0 fully saturated rings. The average molecular weight is 400 g/mol. The molecule has 4 rings (SSSR count). The minimum atomic E-state index is -1.82. The number of carbonyl (C=O) groups is 2. The topological polar surface area (TPSA) is 69.6 Å². The highest BCUT2D eigenvalue weighted by molar-refractivity contribution is 6.12. The van der Waals surface area contributed by atoms with E-state index in [1.165, 1.54) is 4.90 Å². The van der Waals surface area contributed by atoms with Gasteiger partial charge < -0.3 is 10.4 Å². The molecule has 1 atom stereocenters. The van der Waals surface area contributed by atoms with Crippen molar-refractivity contribution in [3.63, 3.8) is 0 Å². The summed E-state index contributed by atoms with van der Waals surface area (Å²) in [7, 11) is 0. The van der Waals surface area contributed by atoms with Crippen molar-refractivity contribution in [2.75, 3.05) is 16.8 Å². The molecule has 3 aromatic carbocycles. The zero-order chi connectivity index (χ0) is 21.5. The number of hydrogen-bond donors (Lipinski definition) is 2. The molecule has 0 aliphatic carbocycles. The van der Waals surface area contributed by atoms with Crippen LogP contribution in [0.3, 0.4) is 0 Å². The molecule has 152 valence electrons. The second-order valence-corrected chi connectivity index (χ2v) is 7.80. The number of para-hydroxylation sites is 2. The Morgan fingerprint density at radius 1 is 0.933 bits per heavy atom. The number of nitrogens with zero attached hydrogens (tertiary/aromatic N) is 1. The maximum absolute atomic E-state index is 13.4. The van der Waals surface area contributed by atoms with Gasteiger partial charge in [-0.3, -0.25) is 14.5 Å². The van der Waals surface area contributed by atoms with E-state index in [1.54, 1.807) is 36.4 Å². The summed E-state index contributed by atoms with van der Waals surface area (Å²) < 4.78 is 0. The van der Waals surface area contributed by atoms with E-state index < -0.39 is 11.5 Å². The van der Waals surface area contributed by atoms with Gasteiger partial charge in [0.2, 0.25) is 5.91 Å². The molecule has 0 unspecified atom stereocenters. The van der Waals surface area contributed by atoms with Crippen molar-refractivity contribution < 1.29 is 14.7 Å². The third kappa shape index (κ3) is 3.17. The summed E-state index contributed by atoms with van der Waals surface area (Å²) in [5.41, 5.74) is 3.38. The van der Waals surface area contributed by atoms with Crippen LogP contribution in [-0.4, -0.2) is 23.5 Å². The van der Waals surface area contributed by atoms with Crippen LogP contribution in [0.25, 0.3) is 0 Å². The van der Waals surface area contributed by atoms with Gasteiger partial charge in [0, 0.05) is 11.3 Å². The molecule has 0 aromatic heterocycles. The molecule has 5 heteroatoms. The normalized spacial score (nSPS) is 17.7. The van der Waals surface area contributed by atoms with E-state index in [0.29, 0.717) is 16.8 Å². The Kier molecular flexibility index (Phi) is 4.92. The number of aryl methyl sites for hydroxylation is 3. The molecule has 2 amide bonds. The summed E-state index contributed by atoms with van der Waals surface area (Å²) in [5, 5.41) is 14.4. The van der Waals surface area contributed by atoms with Crippen LogP contribution in [-0.2, 0) is 15.2 Å². The lowest BCUT2D eigenvalue weighted by atomic mass is 9.87. The van der Waals surface area contributed by atoms with Crippen LogP contribution in [0.2, 0.25) is 0 Å². The predicted molar refractivity (Wildman–Crippen MR) is 118 cm³/mol. The molecular weight excluding hydrogens is 376 g/mol. The standard InChI is InChI=1S/C25H24N2O3/c1-16-11-13-19(14-12-16)25(30)20-9-4-5-10-21(20)27(24(25)29)15-22(28)26-23-17(2)7-6-8-18(23)3/h4-14,30H,15H2,1-3H3,(H,26,28)/t25-/m1/s1. The Morgan fingerprint density at radius 2 is 1.57 bits per heavy atom. The van der Waals surface area contributed by atoms with E-state index in [-0.39, 0.29) is 12.5 Å². The third-order valence-electron chi connectivity index (χ3n) is 5.66. The van der Waals surface area contributed by atoms with Gasteiger partial charge in [-0.2, -0.15) is 0 Å². The molecule has 30 heavy (non-hydrogen) atoms. The van der Waals surface area contributed by atoms with E-state index in [2.05, 4.69) is 5.32 Å². The summed E-state index contributed by atoms with van der Waals surface area (Å²) in [4.78, 5) is 27.6. The van der Waals surface area contributed by atoms with E-state index in [9.17, 15) is 14.7 Å². The van der Waals surface area contributed by atoms with Crippen LogP contribution < -0.4 is 10.2 Å². The maximum Gasteiger partial charge on any atom is 0.268 e. The quantitative estimate of drug-likeness (QED) is 0.699. The number of fused-ring (bicyclic) bond motifs is 1. The fourth-order valence-electron chi connectivity index (χ4n) is 4.00. The minimum Gasteiger partial charge on any atom is -0.372 e. The van der Waals surface area contributed by atoms with Gasteiger partial charge in [-0.1, -0.05) is 66.2 Å². The molecule has 0 saturated heterocycles. The summed E-state index contributed by atoms with van der Waals surface area (Å²) in [6.45, 7) is 5.62. The zero-order valence-electron chi connectivity index (χ0n) is 17.3. The fraction of sp³-hybridized carbons (Fsp3) is 0.200. The first kappa shape index (κ1) is 19.9. The Bertz CT molecular complexity index is 1120. The van der Waals surface area contributed by atoms with Crippen LogP contribution in [0, 0.1) is 20.8 Å². The maximum atomic E-state index is 13.4. The van der Waals surface area contributed by atoms with Crippen molar-refractivity contribution in [1.29, 1.82) is 0 Å². The molecule has 0 spiro atoms. The molecule has 0 bridgehead atoms. The first-order chi connectivity index (χ1) is 14.3. The average Bonchev–Trinajstić information content (AvgIpc) is 2.94. The smallest absolute Gasteiger partial charge is 0.268 e. The number of rotatable bonds is 4. The number of anilines is 2. The van der Waals surface area contributed by atoms with Gasteiger partial charge in [-0.15, -0.1) is 0 Å². The van der Waals surface area contributed by atoms with Gasteiger partial charge in [0.1, 0.15) is 6.54 Å². The summed E-state index contributed by atoms with van der Waals surface area (Å²) in [6.07, 6.45) is 0. The first-order valence-electron chi connectivity index (χ1n) is 9.89. The molecule has 1 aliphatic rings. The lowest BCUT2D eigenvalue weighted by molar-refractivity contribution is -0.133. The molecule has 1 aliphatic heterocycles. The molecule has 0 radical (unpaired) electrons. The summed E-state index contributed by atoms with van der Waals surface area (Å²) in [6, 6.07) is 20.1. The molecule has 5 nitrogen and oxygen atoms in total. The summed E-state index contributed by atoms with van der Waals surface area (Å²) in [5.74, 6) is -0.840. The van der Waals surface area contributed by atoms with Crippen LogP contribution in [0.15, 0.2) is 66.7 Å². The molecule has 3 aromatic rings. The van der Waals surface area contributed by atoms with Gasteiger partial charge in [0.05, 0.1) is 5.69 Å². The van der Waals surface area contributed by atoms with Crippen molar-refractivity contribution in [2.24, 2.45) is 0 Å². The zero-order valence-corrected chi connectivity index (χ0v) is 17.3. The number of hydrogen-bond acceptors (Lipinski definition) is 3. The SMILES string of the molecule is Cc1ccc([C@]2(O)C(=O)N(CC(=O)Nc3c(C)cccc3C)c3ccccc32)cc1. The summed E-state index contributed by atoms with van der Waals surface area (Å²) >= 11 is 0. The predicted octanol–water partition coefficient (Wildman–Crippen LogP) is 3.83. The van der Waals surface area contributed by atoms with Crippen molar-refractivity contribution in [3.8, 4) is 0 Å². The number of nitrogens with one attached hydrogen (secondary N) is 1. The van der Waals surface area contributed by atoms with Crippen LogP contribution in [0.4, 0.5) is 11.4 Å². The third-order valence-corrected chi connectivity index (χ3v) is 5.66. The van der Waals surface area contributed by atoms with Crippen molar-refractivity contribution >= 4 is 23.2 Å². The van der Waals surface area contributed by atoms with Gasteiger partial charge in [-0.25, -0.2) is 0 Å². The van der Waals surface area contributed by atoms with Gasteiger partial charge in [-0.05, 0) is 43.5 Å². The Balaban J connectivity index is 1.67. The Morgan fingerprint density at radius 3 is 2.23 bits per heavy atom. The second-order valence-electron chi connectivity index (χ2n) is 7.80. The van der Waals surface area contributed by atoms with E-state index >= 15 is 0 Å². The molecule has 0 saturated carbocycles. The minimum absolute atomic E-state index is 0.183. The van der Waals surface area contributed by atoms with E-state index in [1.807, 2.05) is 51.1 Å². The van der Waals surface area contributed by atoms with Gasteiger partial charge in [0.25, 0.3) is 5.91 Å². The van der Waals surface area contributed by atoms with Crippen molar-refractivity contribution in [1.82, 2.24) is 0 Å². The lowest BCUT2D eigenvalue weighted by Gasteiger charge is -2.24. The van der Waals surface area contributed by atoms with Gasteiger partial charge >= 0.3 is 0 Å². The highest BCUT2D eigenvalue weighted by Gasteiger charge is 2.51. The fourth-order valence-corrected chi connectivity index (χ4v) is 4.00. The number of benzene rings is 3.